The van der Waals surface area contributed by atoms with Gasteiger partial charge >= 0.3 is 0 Å². The van der Waals surface area contributed by atoms with Crippen molar-refractivity contribution in [3.63, 3.8) is 0 Å². The van der Waals surface area contributed by atoms with Crippen molar-refractivity contribution in [3.8, 4) is 0 Å². The Kier molecular flexibility index (Phi) is 5.94. The van der Waals surface area contributed by atoms with Crippen LogP contribution >= 0.6 is 24.0 Å². The lowest BCUT2D eigenvalue weighted by Gasteiger charge is -2.35. The van der Waals surface area contributed by atoms with E-state index in [4.69, 9.17) is 4.74 Å². The molecule has 1 atom stereocenters. The quantitative estimate of drug-likeness (QED) is 0.639. The third kappa shape index (κ3) is 3.96. The molecule has 0 saturated carbocycles. The number of aliphatic hydroxyl groups is 1. The highest BCUT2D eigenvalue weighted by molar-refractivity contribution is 14.0. The Hall–Kier alpha value is -0.0800. The van der Waals surface area contributed by atoms with Crippen LogP contribution in [-0.4, -0.2) is 50.0 Å². The molecule has 100 valence electrons. The highest BCUT2D eigenvalue weighted by atomic mass is 127. The molecule has 6 heteroatoms. The van der Waals surface area contributed by atoms with Crippen molar-refractivity contribution >= 4 is 29.9 Å². The van der Waals surface area contributed by atoms with Crippen LogP contribution in [0.5, 0.6) is 0 Å². The average molecular weight is 355 g/mol. The van der Waals surface area contributed by atoms with Crippen molar-refractivity contribution < 1.29 is 9.84 Å². The van der Waals surface area contributed by atoms with Crippen LogP contribution in [0.4, 0.5) is 0 Å². The number of guanidine groups is 1. The summed E-state index contributed by atoms with van der Waals surface area (Å²) in [4.78, 5) is 4.35. The Balaban J connectivity index is 0.00000144. The summed E-state index contributed by atoms with van der Waals surface area (Å²) in [6.07, 6.45) is 1.83. The minimum absolute atomic E-state index is 0. The van der Waals surface area contributed by atoms with Crippen molar-refractivity contribution in [2.45, 2.75) is 25.8 Å². The molecule has 0 bridgehead atoms. The molecule has 2 aliphatic rings. The zero-order valence-electron chi connectivity index (χ0n) is 10.2. The van der Waals surface area contributed by atoms with E-state index in [1.165, 1.54) is 0 Å². The lowest BCUT2D eigenvalue weighted by atomic mass is 9.81. The van der Waals surface area contributed by atoms with E-state index in [0.717, 1.165) is 45.1 Å². The second kappa shape index (κ2) is 6.75. The first-order valence-electron chi connectivity index (χ1n) is 5.98. The van der Waals surface area contributed by atoms with Gasteiger partial charge in [-0.15, -0.1) is 24.0 Å². The van der Waals surface area contributed by atoms with Crippen LogP contribution in [0.1, 0.15) is 19.8 Å². The summed E-state index contributed by atoms with van der Waals surface area (Å²) < 4.78 is 5.33. The molecular weight excluding hydrogens is 333 g/mol. The minimum Gasteiger partial charge on any atom is -0.396 e. The van der Waals surface area contributed by atoms with Gasteiger partial charge in [-0.2, -0.15) is 0 Å². The van der Waals surface area contributed by atoms with E-state index in [1.807, 2.05) is 0 Å². The molecule has 2 aliphatic heterocycles. The summed E-state index contributed by atoms with van der Waals surface area (Å²) in [5.74, 6) is 0.867. The van der Waals surface area contributed by atoms with E-state index >= 15 is 0 Å². The molecule has 0 aromatic carbocycles. The van der Waals surface area contributed by atoms with Gasteiger partial charge in [0.2, 0.25) is 0 Å². The van der Waals surface area contributed by atoms with Gasteiger partial charge < -0.3 is 20.5 Å². The van der Waals surface area contributed by atoms with E-state index in [-0.39, 0.29) is 36.0 Å². The van der Waals surface area contributed by atoms with Crippen LogP contribution in [0.25, 0.3) is 0 Å². The predicted octanol–water partition coefficient (Wildman–Crippen LogP) is 0.331. The fourth-order valence-electron chi connectivity index (χ4n) is 2.13. The Morgan fingerprint density at radius 1 is 1.53 bits per heavy atom. The molecule has 0 aromatic rings. The molecule has 17 heavy (non-hydrogen) atoms. The molecule has 0 amide bonds. The van der Waals surface area contributed by atoms with Gasteiger partial charge in [0.1, 0.15) is 0 Å². The number of hydrogen-bond donors (Lipinski definition) is 3. The number of ether oxygens (including phenoxy) is 1. The van der Waals surface area contributed by atoms with Crippen LogP contribution in [0.2, 0.25) is 0 Å². The predicted molar refractivity (Wildman–Crippen MR) is 77.9 cm³/mol. The van der Waals surface area contributed by atoms with Gasteiger partial charge in [-0.25, -0.2) is 0 Å². The molecule has 0 spiro atoms. The Bertz CT molecular complexity index is 267. The van der Waals surface area contributed by atoms with Crippen molar-refractivity contribution in [1.29, 1.82) is 0 Å². The van der Waals surface area contributed by atoms with Gasteiger partial charge in [0.05, 0.1) is 13.2 Å². The molecule has 2 heterocycles. The van der Waals surface area contributed by atoms with Crippen LogP contribution in [0, 0.1) is 5.41 Å². The SMILES string of the molecule is CC1CN=C(NCC2(CO)CCOCC2)N1.I. The van der Waals surface area contributed by atoms with E-state index in [1.54, 1.807) is 0 Å². The van der Waals surface area contributed by atoms with Crippen LogP contribution in [0.3, 0.4) is 0 Å². The van der Waals surface area contributed by atoms with E-state index in [0.29, 0.717) is 6.04 Å². The lowest BCUT2D eigenvalue weighted by molar-refractivity contribution is -0.0131. The van der Waals surface area contributed by atoms with Gasteiger partial charge in [-0.05, 0) is 19.8 Å². The average Bonchev–Trinajstić information content (AvgIpc) is 2.74. The second-order valence-electron chi connectivity index (χ2n) is 4.86. The largest absolute Gasteiger partial charge is 0.396 e. The number of aliphatic imine (C=N–C) groups is 1. The molecule has 3 N–H and O–H groups in total. The molecule has 0 aromatic heterocycles. The maximum atomic E-state index is 9.51. The van der Waals surface area contributed by atoms with Crippen molar-refractivity contribution in [2.24, 2.45) is 10.4 Å². The maximum absolute atomic E-state index is 9.51. The highest BCUT2D eigenvalue weighted by Crippen LogP contribution is 2.28. The number of aliphatic hydroxyl groups excluding tert-OH is 1. The molecule has 1 fully saturated rings. The molecular formula is C11H22IN3O2. The zero-order valence-corrected chi connectivity index (χ0v) is 12.6. The van der Waals surface area contributed by atoms with E-state index in [9.17, 15) is 5.11 Å². The summed E-state index contributed by atoms with van der Waals surface area (Å²) in [6.45, 7) is 5.42. The fraction of sp³-hybridized carbons (Fsp3) is 0.909. The van der Waals surface area contributed by atoms with Gasteiger partial charge in [0, 0.05) is 31.2 Å². The molecule has 0 aliphatic carbocycles. The monoisotopic (exact) mass is 355 g/mol. The van der Waals surface area contributed by atoms with Crippen molar-refractivity contribution in [3.05, 3.63) is 0 Å². The van der Waals surface area contributed by atoms with E-state index in [2.05, 4.69) is 22.5 Å². The van der Waals surface area contributed by atoms with Gasteiger partial charge in [0.15, 0.2) is 5.96 Å². The summed E-state index contributed by atoms with van der Waals surface area (Å²) in [6, 6.07) is 0.419. The number of rotatable bonds is 3. The Labute approximate surface area is 119 Å². The minimum atomic E-state index is -0.0335. The Morgan fingerprint density at radius 2 is 2.24 bits per heavy atom. The van der Waals surface area contributed by atoms with Crippen LogP contribution in [-0.2, 0) is 4.74 Å². The number of nitrogens with one attached hydrogen (secondary N) is 2. The second-order valence-corrected chi connectivity index (χ2v) is 4.86. The number of halogens is 1. The zero-order chi connectivity index (χ0) is 11.4. The molecule has 1 saturated heterocycles. The number of nitrogens with zero attached hydrogens (tertiary/aromatic N) is 1. The first kappa shape index (κ1) is 15.0. The Morgan fingerprint density at radius 3 is 2.76 bits per heavy atom. The number of hydrogen-bond acceptors (Lipinski definition) is 5. The maximum Gasteiger partial charge on any atom is 0.191 e. The van der Waals surface area contributed by atoms with Crippen molar-refractivity contribution in [2.75, 3.05) is 32.9 Å². The normalized spacial score (nSPS) is 26.7. The smallest absolute Gasteiger partial charge is 0.191 e. The third-order valence-corrected chi connectivity index (χ3v) is 3.43. The third-order valence-electron chi connectivity index (χ3n) is 3.43. The first-order chi connectivity index (χ1) is 7.74. The van der Waals surface area contributed by atoms with E-state index < -0.39 is 0 Å². The lowest BCUT2D eigenvalue weighted by Crippen LogP contribution is -2.47. The summed E-state index contributed by atoms with van der Waals surface area (Å²) >= 11 is 0. The van der Waals surface area contributed by atoms with Crippen LogP contribution < -0.4 is 10.6 Å². The molecule has 2 rings (SSSR count). The fourth-order valence-corrected chi connectivity index (χ4v) is 2.13. The summed E-state index contributed by atoms with van der Waals surface area (Å²) in [5.41, 5.74) is -0.0335. The standard InChI is InChI=1S/C11H21N3O2.HI/c1-9-6-12-10(14-9)13-7-11(8-15)2-4-16-5-3-11;/h9,15H,2-8H2,1H3,(H2,12,13,14);1H. The molecule has 0 radical (unpaired) electrons. The summed E-state index contributed by atoms with van der Waals surface area (Å²) in [5, 5.41) is 16.1. The molecule has 1 unspecified atom stereocenters. The van der Waals surface area contributed by atoms with Gasteiger partial charge in [-0.1, -0.05) is 0 Å². The van der Waals surface area contributed by atoms with Crippen molar-refractivity contribution in [1.82, 2.24) is 10.6 Å². The topological polar surface area (TPSA) is 65.9 Å². The summed E-state index contributed by atoms with van der Waals surface area (Å²) in [7, 11) is 0. The highest BCUT2D eigenvalue weighted by Gasteiger charge is 2.32. The first-order valence-corrected chi connectivity index (χ1v) is 5.98. The molecule has 5 nitrogen and oxygen atoms in total. The van der Waals surface area contributed by atoms with Gasteiger partial charge in [-0.3, -0.25) is 4.99 Å². The van der Waals surface area contributed by atoms with Crippen LogP contribution in [0.15, 0.2) is 4.99 Å². The van der Waals surface area contributed by atoms with Gasteiger partial charge in [0.25, 0.3) is 0 Å².